The Kier molecular flexibility index (Phi) is 5.83. The van der Waals surface area contributed by atoms with Crippen LogP contribution in [0.15, 0.2) is 33.5 Å². The van der Waals surface area contributed by atoms with Gasteiger partial charge in [-0.1, -0.05) is 26.0 Å². The fraction of sp³-hybridized carbons (Fsp3) is 0.500. The van der Waals surface area contributed by atoms with Crippen LogP contribution in [-0.4, -0.2) is 37.9 Å². The number of benzene rings is 1. The Hall–Kier alpha value is -1.66. The Labute approximate surface area is 143 Å². The molecule has 1 unspecified atom stereocenters. The normalized spacial score (nSPS) is 13.5. The van der Waals surface area contributed by atoms with Crippen molar-refractivity contribution in [1.82, 2.24) is 4.90 Å². The molecule has 0 N–H and O–H groups in total. The van der Waals surface area contributed by atoms with E-state index in [1.165, 1.54) is 12.3 Å². The Balaban J connectivity index is 2.38. The van der Waals surface area contributed by atoms with E-state index in [0.717, 1.165) is 22.9 Å². The van der Waals surface area contributed by atoms with E-state index in [-0.39, 0.29) is 17.4 Å². The molecule has 0 aliphatic heterocycles. The topological polar surface area (TPSA) is 67.6 Å². The van der Waals surface area contributed by atoms with Crippen molar-refractivity contribution in [1.29, 1.82) is 0 Å². The summed E-state index contributed by atoms with van der Waals surface area (Å²) in [6.45, 7) is 7.15. The molecule has 132 valence electrons. The van der Waals surface area contributed by atoms with Gasteiger partial charge in [0.2, 0.25) is 0 Å². The standard InChI is InChI=1S/C18H25NO4S/c1-5-14-7-8-16-15(10-18(20)23-17(16)9-14)11-19(6-2)13(3)12-24(4,21)22/h7-10,13H,5-6,11-12H2,1-4H3. The summed E-state index contributed by atoms with van der Waals surface area (Å²) in [5.41, 5.74) is 2.19. The zero-order chi connectivity index (χ0) is 17.9. The second kappa shape index (κ2) is 7.49. The highest BCUT2D eigenvalue weighted by atomic mass is 32.2. The smallest absolute Gasteiger partial charge is 0.336 e. The summed E-state index contributed by atoms with van der Waals surface area (Å²) in [6, 6.07) is 7.28. The number of rotatable bonds is 7. The molecule has 5 nitrogen and oxygen atoms in total. The molecule has 2 rings (SSSR count). The van der Waals surface area contributed by atoms with Crippen molar-refractivity contribution in [3.05, 3.63) is 45.8 Å². The monoisotopic (exact) mass is 351 g/mol. The summed E-state index contributed by atoms with van der Waals surface area (Å²) >= 11 is 0. The van der Waals surface area contributed by atoms with Crippen LogP contribution in [0.3, 0.4) is 0 Å². The van der Waals surface area contributed by atoms with Gasteiger partial charge in [-0.15, -0.1) is 0 Å². The van der Waals surface area contributed by atoms with E-state index >= 15 is 0 Å². The van der Waals surface area contributed by atoms with Gasteiger partial charge in [-0.3, -0.25) is 4.90 Å². The molecule has 1 atom stereocenters. The van der Waals surface area contributed by atoms with E-state index in [9.17, 15) is 13.2 Å². The van der Waals surface area contributed by atoms with Crippen molar-refractivity contribution in [3.63, 3.8) is 0 Å². The van der Waals surface area contributed by atoms with Crippen molar-refractivity contribution >= 4 is 20.8 Å². The van der Waals surface area contributed by atoms with Gasteiger partial charge >= 0.3 is 5.63 Å². The van der Waals surface area contributed by atoms with Gasteiger partial charge in [-0.25, -0.2) is 13.2 Å². The SMILES string of the molecule is CCc1ccc2c(CN(CC)C(C)CS(C)(=O)=O)cc(=O)oc2c1. The number of hydrogen-bond donors (Lipinski definition) is 0. The third-order valence-electron chi connectivity index (χ3n) is 4.25. The van der Waals surface area contributed by atoms with Gasteiger partial charge in [0.1, 0.15) is 15.4 Å². The van der Waals surface area contributed by atoms with Gasteiger partial charge in [0.25, 0.3) is 0 Å². The van der Waals surface area contributed by atoms with Crippen LogP contribution in [0.4, 0.5) is 0 Å². The number of fused-ring (bicyclic) bond motifs is 1. The third-order valence-corrected chi connectivity index (χ3v) is 5.34. The van der Waals surface area contributed by atoms with Crippen LogP contribution in [0.1, 0.15) is 31.9 Å². The van der Waals surface area contributed by atoms with Gasteiger partial charge in [-0.05, 0) is 37.1 Å². The Morgan fingerprint density at radius 1 is 1.21 bits per heavy atom. The average molecular weight is 351 g/mol. The van der Waals surface area contributed by atoms with Gasteiger partial charge < -0.3 is 4.42 Å². The lowest BCUT2D eigenvalue weighted by Crippen LogP contribution is -2.37. The summed E-state index contributed by atoms with van der Waals surface area (Å²) in [5.74, 6) is 0.0974. The lowest BCUT2D eigenvalue weighted by molar-refractivity contribution is 0.227. The molecule has 2 aromatic rings. The maximum absolute atomic E-state index is 11.9. The predicted molar refractivity (Wildman–Crippen MR) is 97.1 cm³/mol. The molecule has 0 fully saturated rings. The van der Waals surface area contributed by atoms with Gasteiger partial charge in [0.05, 0.1) is 5.75 Å². The summed E-state index contributed by atoms with van der Waals surface area (Å²) in [5, 5.41) is 0.900. The number of nitrogens with zero attached hydrogens (tertiary/aromatic N) is 1. The van der Waals surface area contributed by atoms with E-state index in [1.54, 1.807) is 0 Å². The van der Waals surface area contributed by atoms with Gasteiger partial charge in [0, 0.05) is 30.3 Å². The molecular weight excluding hydrogens is 326 g/mol. The first-order valence-electron chi connectivity index (χ1n) is 8.21. The Morgan fingerprint density at radius 3 is 2.50 bits per heavy atom. The van der Waals surface area contributed by atoms with Crippen molar-refractivity contribution in [2.45, 2.75) is 39.8 Å². The zero-order valence-corrected chi connectivity index (χ0v) is 15.5. The minimum absolute atomic E-state index is 0.0974. The summed E-state index contributed by atoms with van der Waals surface area (Å²) in [7, 11) is -3.05. The summed E-state index contributed by atoms with van der Waals surface area (Å²) < 4.78 is 28.5. The number of sulfone groups is 1. The first kappa shape index (κ1) is 18.7. The van der Waals surface area contributed by atoms with Crippen LogP contribution in [0, 0.1) is 0 Å². The lowest BCUT2D eigenvalue weighted by Gasteiger charge is -2.27. The highest BCUT2D eigenvalue weighted by molar-refractivity contribution is 7.90. The molecular formula is C18H25NO4S. The molecule has 0 saturated heterocycles. The minimum Gasteiger partial charge on any atom is -0.423 e. The zero-order valence-electron chi connectivity index (χ0n) is 14.7. The molecule has 0 aliphatic carbocycles. The van der Waals surface area contributed by atoms with Crippen molar-refractivity contribution in [2.24, 2.45) is 0 Å². The summed E-state index contributed by atoms with van der Waals surface area (Å²) in [6.07, 6.45) is 2.12. The second-order valence-electron chi connectivity index (χ2n) is 6.28. The molecule has 0 saturated carbocycles. The molecule has 0 bridgehead atoms. The number of aryl methyl sites for hydroxylation is 1. The average Bonchev–Trinajstić information content (AvgIpc) is 2.49. The van der Waals surface area contributed by atoms with Crippen LogP contribution in [0.5, 0.6) is 0 Å². The molecule has 1 aromatic heterocycles. The first-order chi connectivity index (χ1) is 11.2. The molecule has 1 heterocycles. The van der Waals surface area contributed by atoms with E-state index in [0.29, 0.717) is 18.7 Å². The van der Waals surface area contributed by atoms with Crippen LogP contribution < -0.4 is 5.63 Å². The van der Waals surface area contributed by atoms with Crippen molar-refractivity contribution in [3.8, 4) is 0 Å². The van der Waals surface area contributed by atoms with Crippen molar-refractivity contribution in [2.75, 3.05) is 18.6 Å². The van der Waals surface area contributed by atoms with Gasteiger partial charge in [-0.2, -0.15) is 0 Å². The van der Waals surface area contributed by atoms with Crippen LogP contribution in [-0.2, 0) is 22.8 Å². The fourth-order valence-electron chi connectivity index (χ4n) is 2.97. The molecule has 1 aromatic carbocycles. The Bertz CT molecular complexity index is 870. The molecule has 0 amide bonds. The predicted octanol–water partition coefficient (Wildman–Crippen LogP) is 2.61. The van der Waals surface area contributed by atoms with Crippen LogP contribution >= 0.6 is 0 Å². The van der Waals surface area contributed by atoms with E-state index < -0.39 is 9.84 Å². The highest BCUT2D eigenvalue weighted by Gasteiger charge is 2.19. The molecule has 0 radical (unpaired) electrons. The summed E-state index contributed by atoms with van der Waals surface area (Å²) in [4.78, 5) is 13.9. The van der Waals surface area contributed by atoms with E-state index in [2.05, 4.69) is 11.8 Å². The van der Waals surface area contributed by atoms with E-state index in [4.69, 9.17) is 4.42 Å². The molecule has 6 heteroatoms. The highest BCUT2D eigenvalue weighted by Crippen LogP contribution is 2.21. The minimum atomic E-state index is -3.05. The quantitative estimate of drug-likeness (QED) is 0.717. The Morgan fingerprint density at radius 2 is 1.92 bits per heavy atom. The number of hydrogen-bond acceptors (Lipinski definition) is 5. The molecule has 0 spiro atoms. The van der Waals surface area contributed by atoms with Crippen LogP contribution in [0.2, 0.25) is 0 Å². The lowest BCUT2D eigenvalue weighted by atomic mass is 10.1. The molecule has 24 heavy (non-hydrogen) atoms. The van der Waals surface area contributed by atoms with Crippen molar-refractivity contribution < 1.29 is 12.8 Å². The maximum atomic E-state index is 11.9. The van der Waals surface area contributed by atoms with E-state index in [1.807, 2.05) is 32.0 Å². The van der Waals surface area contributed by atoms with Crippen LogP contribution in [0.25, 0.3) is 11.0 Å². The molecule has 0 aliphatic rings. The maximum Gasteiger partial charge on any atom is 0.336 e. The third kappa shape index (κ3) is 4.68. The second-order valence-corrected chi connectivity index (χ2v) is 8.46. The largest absolute Gasteiger partial charge is 0.423 e. The van der Waals surface area contributed by atoms with Gasteiger partial charge in [0.15, 0.2) is 0 Å². The fourth-order valence-corrected chi connectivity index (χ4v) is 4.05. The first-order valence-corrected chi connectivity index (χ1v) is 10.3.